The Balaban J connectivity index is 4.32. The van der Waals surface area contributed by atoms with Crippen molar-refractivity contribution in [3.05, 3.63) is 12.2 Å². The van der Waals surface area contributed by atoms with Crippen molar-refractivity contribution in [2.45, 2.75) is 53.4 Å². The molecule has 0 spiro atoms. The van der Waals surface area contributed by atoms with Gasteiger partial charge in [0.2, 0.25) is 0 Å². The average molecular weight is 284 g/mol. The zero-order valence-electron chi connectivity index (χ0n) is 13.0. The summed E-state index contributed by atoms with van der Waals surface area (Å²) in [6.07, 6.45) is 5.86. The second-order valence-electron chi connectivity index (χ2n) is 6.15. The molecule has 0 fully saturated rings. The highest BCUT2D eigenvalue weighted by Crippen LogP contribution is 2.22. The fourth-order valence-electron chi connectivity index (χ4n) is 2.17. The molecule has 0 saturated heterocycles. The molecule has 0 aliphatic rings. The minimum atomic E-state index is -0.761. The molecule has 0 saturated carbocycles. The van der Waals surface area contributed by atoms with Crippen molar-refractivity contribution >= 4 is 11.9 Å². The van der Waals surface area contributed by atoms with E-state index in [1.54, 1.807) is 0 Å². The number of aliphatic carboxylic acids is 2. The molecule has 4 nitrogen and oxygen atoms in total. The Hall–Kier alpha value is -1.32. The molecule has 2 atom stereocenters. The minimum absolute atomic E-state index is 0.140. The Bertz CT molecular complexity index is 299. The molecule has 2 N–H and O–H groups in total. The van der Waals surface area contributed by atoms with Crippen molar-refractivity contribution < 1.29 is 19.8 Å². The summed E-state index contributed by atoms with van der Waals surface area (Å²) in [7, 11) is 0. The van der Waals surface area contributed by atoms with Crippen LogP contribution in [0.15, 0.2) is 12.2 Å². The smallest absolute Gasteiger partial charge is 0.303 e. The van der Waals surface area contributed by atoms with Crippen molar-refractivity contribution in [1.82, 2.24) is 0 Å². The Labute approximate surface area is 121 Å². The maximum absolute atomic E-state index is 10.8. The normalized spacial score (nSPS) is 14.9. The first-order valence-electron chi connectivity index (χ1n) is 7.32. The van der Waals surface area contributed by atoms with Gasteiger partial charge in [-0.2, -0.15) is 0 Å². The third kappa shape index (κ3) is 8.73. The van der Waals surface area contributed by atoms with Crippen LogP contribution in [0.1, 0.15) is 53.4 Å². The average Bonchev–Trinajstić information content (AvgIpc) is 2.29. The van der Waals surface area contributed by atoms with Gasteiger partial charge in [-0.1, -0.05) is 39.8 Å². The molecule has 0 aliphatic carbocycles. The first-order valence-corrected chi connectivity index (χ1v) is 7.32. The summed E-state index contributed by atoms with van der Waals surface area (Å²) in [6, 6.07) is 0. The molecule has 116 valence electrons. The summed E-state index contributed by atoms with van der Waals surface area (Å²) >= 11 is 0. The molecule has 0 rings (SSSR count). The summed E-state index contributed by atoms with van der Waals surface area (Å²) in [6.45, 7) is 8.12. The predicted octanol–water partition coefficient (Wildman–Crippen LogP) is 3.82. The number of rotatable bonds is 10. The molecule has 0 bridgehead atoms. The van der Waals surface area contributed by atoms with Crippen LogP contribution in [0.3, 0.4) is 0 Å². The maximum Gasteiger partial charge on any atom is 0.303 e. The Morgan fingerprint density at radius 1 is 0.800 bits per heavy atom. The van der Waals surface area contributed by atoms with Crippen LogP contribution in [-0.2, 0) is 9.59 Å². The van der Waals surface area contributed by atoms with Crippen molar-refractivity contribution in [1.29, 1.82) is 0 Å². The van der Waals surface area contributed by atoms with Crippen molar-refractivity contribution in [2.24, 2.45) is 23.7 Å². The number of hydrogen-bond acceptors (Lipinski definition) is 2. The molecule has 0 amide bonds. The highest BCUT2D eigenvalue weighted by Gasteiger charge is 2.17. The fraction of sp³-hybridized carbons (Fsp3) is 0.750. The summed E-state index contributed by atoms with van der Waals surface area (Å²) in [5.74, 6) is -0.584. The molecular weight excluding hydrogens is 256 g/mol. The molecular formula is C16H28O4. The van der Waals surface area contributed by atoms with E-state index in [-0.39, 0.29) is 24.7 Å². The summed E-state index contributed by atoms with van der Waals surface area (Å²) in [5, 5.41) is 17.7. The SMILES string of the molecule is CC(C)[C@H](C/C=C/C[C@@H](CC(=O)O)C(C)C)CC(=O)O. The van der Waals surface area contributed by atoms with Gasteiger partial charge in [-0.3, -0.25) is 9.59 Å². The van der Waals surface area contributed by atoms with E-state index in [4.69, 9.17) is 10.2 Å². The molecule has 0 aromatic carbocycles. The number of carbonyl (C=O) groups is 2. The quantitative estimate of drug-likeness (QED) is 0.598. The van der Waals surface area contributed by atoms with Crippen LogP contribution < -0.4 is 0 Å². The Morgan fingerprint density at radius 3 is 1.30 bits per heavy atom. The van der Waals surface area contributed by atoms with E-state index in [1.165, 1.54) is 0 Å². The molecule has 0 heterocycles. The highest BCUT2D eigenvalue weighted by atomic mass is 16.4. The van der Waals surface area contributed by atoms with Crippen molar-refractivity contribution in [3.63, 3.8) is 0 Å². The van der Waals surface area contributed by atoms with Gasteiger partial charge < -0.3 is 10.2 Å². The van der Waals surface area contributed by atoms with Gasteiger partial charge >= 0.3 is 11.9 Å². The monoisotopic (exact) mass is 284 g/mol. The number of allylic oxidation sites excluding steroid dienone is 2. The third-order valence-corrected chi connectivity index (χ3v) is 3.80. The van der Waals surface area contributed by atoms with Gasteiger partial charge in [-0.15, -0.1) is 0 Å². The van der Waals surface area contributed by atoms with E-state index in [9.17, 15) is 9.59 Å². The van der Waals surface area contributed by atoms with Crippen LogP contribution in [0.5, 0.6) is 0 Å². The minimum Gasteiger partial charge on any atom is -0.481 e. The third-order valence-electron chi connectivity index (χ3n) is 3.80. The molecule has 0 aromatic heterocycles. The summed E-state index contributed by atoms with van der Waals surface area (Å²) in [4.78, 5) is 21.6. The zero-order valence-corrected chi connectivity index (χ0v) is 13.0. The van der Waals surface area contributed by atoms with Crippen LogP contribution >= 0.6 is 0 Å². The molecule has 4 heteroatoms. The van der Waals surface area contributed by atoms with Gasteiger partial charge in [0.15, 0.2) is 0 Å². The lowest BCUT2D eigenvalue weighted by atomic mass is 9.87. The van der Waals surface area contributed by atoms with Crippen molar-refractivity contribution in [2.75, 3.05) is 0 Å². The van der Waals surface area contributed by atoms with E-state index in [1.807, 2.05) is 39.8 Å². The van der Waals surface area contributed by atoms with Crippen LogP contribution in [0, 0.1) is 23.7 Å². The number of carboxylic acids is 2. The highest BCUT2D eigenvalue weighted by molar-refractivity contribution is 5.67. The summed E-state index contributed by atoms with van der Waals surface area (Å²) < 4.78 is 0. The van der Waals surface area contributed by atoms with Crippen LogP contribution in [0.2, 0.25) is 0 Å². The standard InChI is InChI=1S/C16H28O4/c1-11(2)13(9-15(17)18)7-5-6-8-14(12(3)4)10-16(19)20/h5-6,11-14H,7-10H2,1-4H3,(H,17,18)(H,19,20)/b6-5+/t13-,14+. The second kappa shape index (κ2) is 9.56. The van der Waals surface area contributed by atoms with E-state index in [2.05, 4.69) is 0 Å². The van der Waals surface area contributed by atoms with Gasteiger partial charge in [0.05, 0.1) is 0 Å². The topological polar surface area (TPSA) is 74.6 Å². The fourth-order valence-corrected chi connectivity index (χ4v) is 2.17. The van der Waals surface area contributed by atoms with Gasteiger partial charge in [-0.25, -0.2) is 0 Å². The molecule has 0 radical (unpaired) electrons. The zero-order chi connectivity index (χ0) is 15.7. The largest absolute Gasteiger partial charge is 0.481 e. The lowest BCUT2D eigenvalue weighted by Crippen LogP contribution is -2.14. The summed E-state index contributed by atoms with van der Waals surface area (Å²) in [5.41, 5.74) is 0. The molecule has 20 heavy (non-hydrogen) atoms. The van der Waals surface area contributed by atoms with Crippen molar-refractivity contribution in [3.8, 4) is 0 Å². The van der Waals surface area contributed by atoms with Gasteiger partial charge in [0.1, 0.15) is 0 Å². The molecule has 0 aliphatic heterocycles. The van der Waals surface area contributed by atoms with E-state index in [0.29, 0.717) is 11.8 Å². The van der Waals surface area contributed by atoms with Gasteiger partial charge in [-0.05, 0) is 36.5 Å². The van der Waals surface area contributed by atoms with Crippen LogP contribution in [0.25, 0.3) is 0 Å². The lowest BCUT2D eigenvalue weighted by molar-refractivity contribution is -0.139. The van der Waals surface area contributed by atoms with Gasteiger partial charge in [0.25, 0.3) is 0 Å². The number of hydrogen-bond donors (Lipinski definition) is 2. The second-order valence-corrected chi connectivity index (χ2v) is 6.15. The Morgan fingerprint density at radius 2 is 1.10 bits per heavy atom. The van der Waals surface area contributed by atoms with Gasteiger partial charge in [0, 0.05) is 12.8 Å². The van der Waals surface area contributed by atoms with E-state index >= 15 is 0 Å². The van der Waals surface area contributed by atoms with E-state index in [0.717, 1.165) is 12.8 Å². The molecule has 0 aromatic rings. The molecule has 0 unspecified atom stereocenters. The first kappa shape index (κ1) is 18.7. The van der Waals surface area contributed by atoms with Crippen LogP contribution in [0.4, 0.5) is 0 Å². The lowest BCUT2D eigenvalue weighted by Gasteiger charge is -2.18. The number of carboxylic acid groups (broad SMARTS) is 2. The first-order chi connectivity index (χ1) is 9.23. The predicted molar refractivity (Wildman–Crippen MR) is 79.5 cm³/mol. The maximum atomic E-state index is 10.8. The van der Waals surface area contributed by atoms with Crippen LogP contribution in [-0.4, -0.2) is 22.2 Å². The Kier molecular flexibility index (Phi) is 8.93. The van der Waals surface area contributed by atoms with E-state index < -0.39 is 11.9 Å².